The molecule has 3 unspecified atom stereocenters. The Morgan fingerprint density at radius 1 is 1.44 bits per heavy atom. The minimum absolute atomic E-state index is 0.0929. The Hall–Kier alpha value is -0.160. The average molecular weight is 258 g/mol. The lowest BCUT2D eigenvalue weighted by Gasteiger charge is -2.35. The zero-order valence-electron chi connectivity index (χ0n) is 12.4. The predicted molar refractivity (Wildman–Crippen MR) is 74.2 cm³/mol. The predicted octanol–water partition coefficient (Wildman–Crippen LogP) is 2.23. The van der Waals surface area contributed by atoms with Crippen LogP contribution in [0, 0.1) is 5.41 Å². The number of hydrogen-bond donors (Lipinski definition) is 2. The summed E-state index contributed by atoms with van der Waals surface area (Å²) in [6.07, 6.45) is 6.34. The van der Waals surface area contributed by atoms with Gasteiger partial charge in [-0.15, -0.1) is 0 Å². The van der Waals surface area contributed by atoms with Gasteiger partial charge in [-0.05, 0) is 37.5 Å². The highest BCUT2D eigenvalue weighted by molar-refractivity contribution is 4.85. The fraction of sp³-hybridized carbons (Fsp3) is 1.00. The molecule has 0 radical (unpaired) electrons. The van der Waals surface area contributed by atoms with E-state index in [0.717, 1.165) is 25.9 Å². The van der Waals surface area contributed by atoms with E-state index in [9.17, 15) is 0 Å². The minimum atomic E-state index is 0.0929. The molecule has 4 nitrogen and oxygen atoms in total. The third-order valence-corrected chi connectivity index (χ3v) is 3.75. The third-order valence-electron chi connectivity index (χ3n) is 3.75. The quantitative estimate of drug-likeness (QED) is 0.543. The van der Waals surface area contributed by atoms with Gasteiger partial charge in [-0.25, -0.2) is 0 Å². The van der Waals surface area contributed by atoms with E-state index in [2.05, 4.69) is 26.2 Å². The van der Waals surface area contributed by atoms with Gasteiger partial charge in [0.15, 0.2) is 0 Å². The van der Waals surface area contributed by atoms with Gasteiger partial charge < -0.3 is 9.47 Å². The largest absolute Gasteiger partial charge is 0.379 e. The normalized spacial score (nSPS) is 24.2. The summed E-state index contributed by atoms with van der Waals surface area (Å²) in [5.41, 5.74) is 3.01. The first-order valence-electron chi connectivity index (χ1n) is 7.09. The number of hydrazine groups is 1. The molecule has 0 spiro atoms. The Morgan fingerprint density at radius 3 is 2.61 bits per heavy atom. The highest BCUT2D eigenvalue weighted by Crippen LogP contribution is 2.27. The number of nitrogens with one attached hydrogen (secondary N) is 1. The summed E-state index contributed by atoms with van der Waals surface area (Å²) >= 11 is 0. The van der Waals surface area contributed by atoms with Crippen LogP contribution in [-0.4, -0.2) is 32.0 Å². The molecule has 108 valence electrons. The molecule has 0 amide bonds. The van der Waals surface area contributed by atoms with Crippen LogP contribution >= 0.6 is 0 Å². The van der Waals surface area contributed by atoms with Gasteiger partial charge >= 0.3 is 0 Å². The van der Waals surface area contributed by atoms with Crippen LogP contribution in [0.1, 0.15) is 52.9 Å². The summed E-state index contributed by atoms with van der Waals surface area (Å²) in [4.78, 5) is 0. The van der Waals surface area contributed by atoms with Crippen LogP contribution in [0.3, 0.4) is 0 Å². The molecule has 1 rings (SSSR count). The Morgan fingerprint density at radius 2 is 2.17 bits per heavy atom. The standard InChI is InChI=1S/C14H30N2O2/c1-14(2,3)13(17-4)12(16-15)9-5-7-11-8-6-10-18-11/h11-13,16H,5-10,15H2,1-4H3. The smallest absolute Gasteiger partial charge is 0.0785 e. The van der Waals surface area contributed by atoms with E-state index < -0.39 is 0 Å². The maximum absolute atomic E-state index is 5.68. The van der Waals surface area contributed by atoms with Gasteiger partial charge in [-0.3, -0.25) is 11.3 Å². The fourth-order valence-corrected chi connectivity index (χ4v) is 2.88. The van der Waals surface area contributed by atoms with Crippen molar-refractivity contribution < 1.29 is 9.47 Å². The second kappa shape index (κ2) is 7.43. The fourth-order valence-electron chi connectivity index (χ4n) is 2.88. The number of methoxy groups -OCH3 is 1. The van der Waals surface area contributed by atoms with Crippen molar-refractivity contribution in [1.29, 1.82) is 0 Å². The van der Waals surface area contributed by atoms with Crippen LogP contribution in [0.15, 0.2) is 0 Å². The molecular formula is C14H30N2O2. The molecule has 1 heterocycles. The lowest BCUT2D eigenvalue weighted by molar-refractivity contribution is -0.0146. The van der Waals surface area contributed by atoms with Crippen molar-refractivity contribution in [3.05, 3.63) is 0 Å². The topological polar surface area (TPSA) is 56.5 Å². The number of nitrogens with two attached hydrogens (primary N) is 1. The molecule has 0 aliphatic carbocycles. The molecule has 0 bridgehead atoms. The highest BCUT2D eigenvalue weighted by atomic mass is 16.5. The molecule has 4 heteroatoms. The van der Waals surface area contributed by atoms with Crippen LogP contribution in [-0.2, 0) is 9.47 Å². The molecule has 0 aromatic carbocycles. The summed E-state index contributed by atoms with van der Waals surface area (Å²) in [7, 11) is 1.76. The van der Waals surface area contributed by atoms with Crippen molar-refractivity contribution in [3.63, 3.8) is 0 Å². The average Bonchev–Trinajstić information content (AvgIpc) is 2.79. The van der Waals surface area contributed by atoms with E-state index in [1.165, 1.54) is 12.8 Å². The highest BCUT2D eigenvalue weighted by Gasteiger charge is 2.31. The molecule has 3 atom stereocenters. The zero-order chi connectivity index (χ0) is 13.6. The Labute approximate surface area is 112 Å². The van der Waals surface area contributed by atoms with Gasteiger partial charge in [0.05, 0.1) is 12.2 Å². The van der Waals surface area contributed by atoms with Crippen LogP contribution in [0.5, 0.6) is 0 Å². The molecule has 1 aliphatic rings. The minimum Gasteiger partial charge on any atom is -0.379 e. The molecular weight excluding hydrogens is 228 g/mol. The van der Waals surface area contributed by atoms with Crippen LogP contribution in [0.4, 0.5) is 0 Å². The maximum atomic E-state index is 5.68. The lowest BCUT2D eigenvalue weighted by Crippen LogP contribution is -2.50. The molecule has 18 heavy (non-hydrogen) atoms. The summed E-state index contributed by atoms with van der Waals surface area (Å²) < 4.78 is 11.3. The van der Waals surface area contributed by atoms with E-state index in [0.29, 0.717) is 6.10 Å². The van der Waals surface area contributed by atoms with Gasteiger partial charge in [0.25, 0.3) is 0 Å². The zero-order valence-corrected chi connectivity index (χ0v) is 12.4. The van der Waals surface area contributed by atoms with Crippen molar-refractivity contribution in [2.45, 2.75) is 71.1 Å². The van der Waals surface area contributed by atoms with E-state index >= 15 is 0 Å². The molecule has 1 saturated heterocycles. The lowest BCUT2D eigenvalue weighted by atomic mass is 9.83. The monoisotopic (exact) mass is 258 g/mol. The molecule has 1 aliphatic heterocycles. The van der Waals surface area contributed by atoms with Crippen molar-refractivity contribution >= 4 is 0 Å². The molecule has 0 aromatic rings. The van der Waals surface area contributed by atoms with Crippen molar-refractivity contribution in [1.82, 2.24) is 5.43 Å². The first-order valence-corrected chi connectivity index (χ1v) is 7.09. The summed E-state index contributed by atoms with van der Waals surface area (Å²) in [5, 5.41) is 0. The van der Waals surface area contributed by atoms with Crippen molar-refractivity contribution in [2.75, 3.05) is 13.7 Å². The first-order chi connectivity index (χ1) is 8.49. The van der Waals surface area contributed by atoms with Gasteiger partial charge in [0.2, 0.25) is 0 Å². The number of rotatable bonds is 7. The van der Waals surface area contributed by atoms with E-state index in [1.807, 2.05) is 0 Å². The first kappa shape index (κ1) is 15.9. The third kappa shape index (κ3) is 4.84. The van der Waals surface area contributed by atoms with Crippen LogP contribution in [0.25, 0.3) is 0 Å². The SMILES string of the molecule is COC(C(CCCC1CCCO1)NN)C(C)(C)C. The second-order valence-electron chi connectivity index (χ2n) is 6.36. The molecule has 0 aromatic heterocycles. The second-order valence-corrected chi connectivity index (χ2v) is 6.36. The molecule has 1 fully saturated rings. The maximum Gasteiger partial charge on any atom is 0.0785 e. The number of ether oxygens (including phenoxy) is 2. The van der Waals surface area contributed by atoms with Crippen molar-refractivity contribution in [2.24, 2.45) is 11.3 Å². The molecule has 3 N–H and O–H groups in total. The van der Waals surface area contributed by atoms with E-state index in [1.54, 1.807) is 7.11 Å². The molecule has 0 saturated carbocycles. The Balaban J connectivity index is 2.35. The van der Waals surface area contributed by atoms with E-state index in [-0.39, 0.29) is 17.6 Å². The Kier molecular flexibility index (Phi) is 6.57. The van der Waals surface area contributed by atoms with Gasteiger partial charge in [0.1, 0.15) is 0 Å². The summed E-state index contributed by atoms with van der Waals surface area (Å²) in [5.74, 6) is 5.68. The van der Waals surface area contributed by atoms with Gasteiger partial charge in [-0.2, -0.15) is 0 Å². The van der Waals surface area contributed by atoms with Gasteiger partial charge in [-0.1, -0.05) is 20.8 Å². The Bertz CT molecular complexity index is 222. The van der Waals surface area contributed by atoms with Crippen molar-refractivity contribution in [3.8, 4) is 0 Å². The van der Waals surface area contributed by atoms with E-state index in [4.69, 9.17) is 15.3 Å². The number of hydrogen-bond acceptors (Lipinski definition) is 4. The van der Waals surface area contributed by atoms with Gasteiger partial charge in [0, 0.05) is 19.8 Å². The summed E-state index contributed by atoms with van der Waals surface area (Å²) in [6.45, 7) is 7.49. The van der Waals surface area contributed by atoms with Crippen LogP contribution in [0.2, 0.25) is 0 Å². The van der Waals surface area contributed by atoms with Crippen LogP contribution < -0.4 is 11.3 Å². The summed E-state index contributed by atoms with van der Waals surface area (Å²) in [6, 6.07) is 0.205.